The quantitative estimate of drug-likeness (QED) is 0.268. The minimum absolute atomic E-state index is 0.141. The number of benzene rings is 3. The molecule has 4 rings (SSSR count). The van der Waals surface area contributed by atoms with Crippen LogP contribution in [0.5, 0.6) is 11.5 Å². The molecule has 35 heavy (non-hydrogen) atoms. The zero-order chi connectivity index (χ0) is 24.9. The van der Waals surface area contributed by atoms with Gasteiger partial charge in [0.2, 0.25) is 0 Å². The second kappa shape index (κ2) is 11.4. The molecule has 5 nitrogen and oxygen atoms in total. The molecule has 0 bridgehead atoms. The van der Waals surface area contributed by atoms with Gasteiger partial charge in [-0.2, -0.15) is 0 Å². The SMILES string of the molecule is CCOc1cc(/C=C2\SC(=O)N(Cc3cccc(Cl)c3)C2=O)cc(Cl)c1OCc1ccccc1Cl. The highest BCUT2D eigenvalue weighted by Crippen LogP contribution is 2.40. The fraction of sp³-hybridized carbons (Fsp3) is 0.154. The average Bonchev–Trinajstić information content (AvgIpc) is 3.07. The Morgan fingerprint density at radius 1 is 0.943 bits per heavy atom. The van der Waals surface area contributed by atoms with Crippen LogP contribution in [-0.4, -0.2) is 22.7 Å². The number of amides is 2. The molecule has 1 fully saturated rings. The Bertz CT molecular complexity index is 1310. The number of nitrogens with zero attached hydrogens (tertiary/aromatic N) is 1. The summed E-state index contributed by atoms with van der Waals surface area (Å²) < 4.78 is 11.7. The van der Waals surface area contributed by atoms with Crippen LogP contribution in [0.25, 0.3) is 6.08 Å². The lowest BCUT2D eigenvalue weighted by Gasteiger charge is -2.15. The van der Waals surface area contributed by atoms with E-state index in [1.54, 1.807) is 42.5 Å². The Morgan fingerprint density at radius 2 is 1.74 bits per heavy atom. The smallest absolute Gasteiger partial charge is 0.293 e. The van der Waals surface area contributed by atoms with E-state index in [0.717, 1.165) is 22.9 Å². The van der Waals surface area contributed by atoms with Crippen LogP contribution in [0.3, 0.4) is 0 Å². The van der Waals surface area contributed by atoms with Gasteiger partial charge in [0.1, 0.15) is 6.61 Å². The molecule has 3 aromatic rings. The van der Waals surface area contributed by atoms with Gasteiger partial charge in [0.25, 0.3) is 11.1 Å². The molecule has 1 aliphatic heterocycles. The molecule has 0 unspecified atom stereocenters. The van der Waals surface area contributed by atoms with E-state index < -0.39 is 0 Å². The summed E-state index contributed by atoms with van der Waals surface area (Å²) in [7, 11) is 0. The fourth-order valence-corrected chi connectivity index (χ4v) is 4.96. The van der Waals surface area contributed by atoms with Gasteiger partial charge in [0, 0.05) is 15.6 Å². The van der Waals surface area contributed by atoms with Gasteiger partial charge in [0.05, 0.1) is 23.1 Å². The number of hydrogen-bond acceptors (Lipinski definition) is 5. The highest BCUT2D eigenvalue weighted by Gasteiger charge is 2.35. The van der Waals surface area contributed by atoms with Crippen molar-refractivity contribution in [3.8, 4) is 11.5 Å². The van der Waals surface area contributed by atoms with E-state index in [1.807, 2.05) is 31.2 Å². The number of thioether (sulfide) groups is 1. The van der Waals surface area contributed by atoms with Crippen LogP contribution in [0.2, 0.25) is 15.1 Å². The van der Waals surface area contributed by atoms with Crippen LogP contribution >= 0.6 is 46.6 Å². The topological polar surface area (TPSA) is 55.8 Å². The molecule has 1 aliphatic rings. The predicted octanol–water partition coefficient (Wildman–Crippen LogP) is 7.86. The summed E-state index contributed by atoms with van der Waals surface area (Å²) in [4.78, 5) is 27.0. The molecule has 180 valence electrons. The Hall–Kier alpha value is -2.64. The van der Waals surface area contributed by atoms with Crippen LogP contribution in [0.1, 0.15) is 23.6 Å². The van der Waals surface area contributed by atoms with Gasteiger partial charge < -0.3 is 9.47 Å². The molecule has 0 atom stereocenters. The number of imide groups is 1. The molecule has 1 heterocycles. The molecule has 0 aliphatic carbocycles. The van der Waals surface area contributed by atoms with Crippen LogP contribution in [0, 0.1) is 0 Å². The maximum absolute atomic E-state index is 12.9. The molecule has 0 spiro atoms. The summed E-state index contributed by atoms with van der Waals surface area (Å²) in [5.41, 5.74) is 2.18. The number of carbonyl (C=O) groups excluding carboxylic acids is 2. The van der Waals surface area contributed by atoms with Gasteiger partial charge in [0.15, 0.2) is 11.5 Å². The summed E-state index contributed by atoms with van der Waals surface area (Å²) in [6.07, 6.45) is 1.62. The molecule has 2 amide bonds. The minimum atomic E-state index is -0.381. The fourth-order valence-electron chi connectivity index (χ4n) is 3.45. The third kappa shape index (κ3) is 6.14. The van der Waals surface area contributed by atoms with Crippen molar-refractivity contribution in [3.63, 3.8) is 0 Å². The number of ether oxygens (including phenoxy) is 2. The van der Waals surface area contributed by atoms with E-state index in [2.05, 4.69) is 0 Å². The van der Waals surface area contributed by atoms with E-state index in [1.165, 1.54) is 4.90 Å². The van der Waals surface area contributed by atoms with Gasteiger partial charge in [-0.1, -0.05) is 65.1 Å². The van der Waals surface area contributed by atoms with Crippen molar-refractivity contribution in [3.05, 3.63) is 97.3 Å². The summed E-state index contributed by atoms with van der Waals surface area (Å²) in [5.74, 6) is 0.421. The maximum atomic E-state index is 12.9. The maximum Gasteiger partial charge on any atom is 0.293 e. The van der Waals surface area contributed by atoms with Crippen LogP contribution in [-0.2, 0) is 17.9 Å². The molecule has 0 N–H and O–H groups in total. The highest BCUT2D eigenvalue weighted by molar-refractivity contribution is 8.18. The van der Waals surface area contributed by atoms with Crippen molar-refractivity contribution >= 4 is 63.8 Å². The first kappa shape index (κ1) is 25.5. The Labute approximate surface area is 222 Å². The van der Waals surface area contributed by atoms with E-state index >= 15 is 0 Å². The van der Waals surface area contributed by atoms with Crippen LogP contribution in [0.15, 0.2) is 65.6 Å². The van der Waals surface area contributed by atoms with E-state index in [-0.39, 0.29) is 24.3 Å². The zero-order valence-corrected chi connectivity index (χ0v) is 21.7. The Kier molecular flexibility index (Phi) is 8.29. The summed E-state index contributed by atoms with van der Waals surface area (Å²) in [5, 5.41) is 1.09. The second-order valence-corrected chi connectivity index (χ2v) is 9.78. The largest absolute Gasteiger partial charge is 0.490 e. The average molecular weight is 549 g/mol. The Balaban J connectivity index is 1.56. The third-order valence-electron chi connectivity index (χ3n) is 5.06. The van der Waals surface area contributed by atoms with Crippen molar-refractivity contribution < 1.29 is 19.1 Å². The number of halogens is 3. The van der Waals surface area contributed by atoms with Crippen molar-refractivity contribution in [1.29, 1.82) is 0 Å². The first-order valence-electron chi connectivity index (χ1n) is 10.7. The highest BCUT2D eigenvalue weighted by atomic mass is 35.5. The van der Waals surface area contributed by atoms with E-state index in [9.17, 15) is 9.59 Å². The molecule has 0 aromatic heterocycles. The molecule has 9 heteroatoms. The molecule has 3 aromatic carbocycles. The lowest BCUT2D eigenvalue weighted by molar-refractivity contribution is -0.123. The number of carbonyl (C=O) groups is 2. The van der Waals surface area contributed by atoms with Gasteiger partial charge in [-0.25, -0.2) is 0 Å². The first-order chi connectivity index (χ1) is 16.9. The van der Waals surface area contributed by atoms with Gasteiger partial charge in [-0.15, -0.1) is 0 Å². The lowest BCUT2D eigenvalue weighted by Crippen LogP contribution is -2.27. The normalized spacial score (nSPS) is 14.6. The van der Waals surface area contributed by atoms with E-state index in [0.29, 0.717) is 43.6 Å². The standard InChI is InChI=1S/C26H20Cl3NO4S/c1-2-33-22-12-17(11-21(29)24(22)34-15-18-7-3-4-9-20(18)28)13-23-25(31)30(26(32)35-23)14-16-6-5-8-19(27)10-16/h3-13H,2,14-15H2,1H3/b23-13-. The molecule has 1 saturated heterocycles. The second-order valence-electron chi connectivity index (χ2n) is 7.54. The first-order valence-corrected chi connectivity index (χ1v) is 12.6. The van der Waals surface area contributed by atoms with Gasteiger partial charge in [-0.05, 0) is 66.2 Å². The zero-order valence-electron chi connectivity index (χ0n) is 18.6. The minimum Gasteiger partial charge on any atom is -0.490 e. The molecule has 0 radical (unpaired) electrons. The molecular weight excluding hydrogens is 529 g/mol. The number of hydrogen-bond donors (Lipinski definition) is 0. The summed E-state index contributed by atoms with van der Waals surface area (Å²) >= 11 is 19.7. The lowest BCUT2D eigenvalue weighted by atomic mass is 10.1. The van der Waals surface area contributed by atoms with Crippen LogP contribution < -0.4 is 9.47 Å². The monoisotopic (exact) mass is 547 g/mol. The predicted molar refractivity (Wildman–Crippen MR) is 141 cm³/mol. The Morgan fingerprint density at radius 3 is 2.49 bits per heavy atom. The van der Waals surface area contributed by atoms with E-state index in [4.69, 9.17) is 44.3 Å². The van der Waals surface area contributed by atoms with Crippen molar-refractivity contribution in [1.82, 2.24) is 4.90 Å². The van der Waals surface area contributed by atoms with Crippen molar-refractivity contribution in [2.24, 2.45) is 0 Å². The van der Waals surface area contributed by atoms with Crippen LogP contribution in [0.4, 0.5) is 4.79 Å². The summed E-state index contributed by atoms with van der Waals surface area (Å²) in [6, 6.07) is 17.8. The third-order valence-corrected chi connectivity index (χ3v) is 6.85. The number of rotatable bonds is 8. The van der Waals surface area contributed by atoms with Gasteiger partial charge >= 0.3 is 0 Å². The molecular formula is C26H20Cl3NO4S. The molecule has 0 saturated carbocycles. The summed E-state index contributed by atoms with van der Waals surface area (Å²) in [6.45, 7) is 2.58. The van der Waals surface area contributed by atoms with Crippen molar-refractivity contribution in [2.75, 3.05) is 6.61 Å². The van der Waals surface area contributed by atoms with Gasteiger partial charge in [-0.3, -0.25) is 14.5 Å². The van der Waals surface area contributed by atoms with Crippen molar-refractivity contribution in [2.45, 2.75) is 20.1 Å².